The smallest absolute Gasteiger partial charge is 0.288 e. The maximum Gasteiger partial charge on any atom is 0.288 e. The van der Waals surface area contributed by atoms with Crippen molar-refractivity contribution in [1.82, 2.24) is 5.32 Å². The molecule has 2 atom stereocenters. The molecule has 0 saturated carbocycles. The summed E-state index contributed by atoms with van der Waals surface area (Å²) in [5.41, 5.74) is 2.90. The molecule has 0 fully saturated rings. The van der Waals surface area contributed by atoms with E-state index in [-0.39, 0.29) is 22.8 Å². The molecule has 3 rings (SSSR count). The van der Waals surface area contributed by atoms with E-state index in [1.54, 1.807) is 12.1 Å². The zero-order valence-electron chi connectivity index (χ0n) is 14.3. The summed E-state index contributed by atoms with van der Waals surface area (Å²) in [6.07, 6.45) is 0. The maximum absolute atomic E-state index is 11.3. The minimum absolute atomic E-state index is 0.0659. The monoisotopic (exact) mass is 366 g/mol. The molecule has 26 heavy (non-hydrogen) atoms. The number of nitro benzene ring substituents is 1. The molecule has 3 aromatic carbocycles. The van der Waals surface area contributed by atoms with Gasteiger partial charge in [-0.15, -0.1) is 0 Å². The van der Waals surface area contributed by atoms with Crippen molar-refractivity contribution in [2.75, 3.05) is 0 Å². The third-order valence-corrected chi connectivity index (χ3v) is 4.67. The Kier molecular flexibility index (Phi) is 5.66. The minimum atomic E-state index is -0.450. The lowest BCUT2D eigenvalue weighted by molar-refractivity contribution is -0.384. The number of halogens is 1. The molecule has 0 aromatic heterocycles. The quantitative estimate of drug-likeness (QED) is 0.450. The number of nitro groups is 1. The number of rotatable bonds is 6. The van der Waals surface area contributed by atoms with Crippen molar-refractivity contribution >= 4 is 17.3 Å². The van der Waals surface area contributed by atoms with E-state index in [1.165, 1.54) is 0 Å². The molecule has 0 aliphatic carbocycles. The summed E-state index contributed by atoms with van der Waals surface area (Å²) in [5, 5.41) is 15.0. The Morgan fingerprint density at radius 2 is 1.46 bits per heavy atom. The standard InChI is InChI=1S/C21H19ClN2O2/c1-15(16-8-4-2-5-9-16)23-21(17-10-6-3-7-11-17)18-12-13-19(22)20(14-18)24(25)26/h2-15,21,23H,1H3/t15-,21?/m0/s1. The Hall–Kier alpha value is -2.69. The van der Waals surface area contributed by atoms with Crippen LogP contribution in [0.3, 0.4) is 0 Å². The van der Waals surface area contributed by atoms with Gasteiger partial charge in [-0.3, -0.25) is 15.4 Å². The lowest BCUT2D eigenvalue weighted by Crippen LogP contribution is -2.25. The Bertz CT molecular complexity index is 885. The fraction of sp³-hybridized carbons (Fsp3) is 0.143. The fourth-order valence-corrected chi connectivity index (χ4v) is 3.15. The van der Waals surface area contributed by atoms with Crippen LogP contribution in [0.2, 0.25) is 5.02 Å². The van der Waals surface area contributed by atoms with Gasteiger partial charge in [-0.2, -0.15) is 0 Å². The molecule has 1 unspecified atom stereocenters. The van der Waals surface area contributed by atoms with E-state index in [1.807, 2.05) is 54.6 Å². The zero-order valence-corrected chi connectivity index (χ0v) is 15.1. The van der Waals surface area contributed by atoms with Gasteiger partial charge in [-0.05, 0) is 29.7 Å². The van der Waals surface area contributed by atoms with E-state index in [9.17, 15) is 10.1 Å². The molecule has 0 saturated heterocycles. The second kappa shape index (κ2) is 8.13. The molecule has 0 heterocycles. The first kappa shape index (κ1) is 18.1. The van der Waals surface area contributed by atoms with Gasteiger partial charge in [0, 0.05) is 12.1 Å². The van der Waals surface area contributed by atoms with Crippen molar-refractivity contribution in [2.24, 2.45) is 0 Å². The second-order valence-corrected chi connectivity index (χ2v) is 6.52. The SMILES string of the molecule is C[C@H](NC(c1ccccc1)c1ccc(Cl)c([N+](=O)[O-])c1)c1ccccc1. The van der Waals surface area contributed by atoms with Crippen LogP contribution >= 0.6 is 11.6 Å². The summed E-state index contributed by atoms with van der Waals surface area (Å²) in [4.78, 5) is 10.8. The Balaban J connectivity index is 1.99. The molecule has 0 spiro atoms. The number of benzene rings is 3. The van der Waals surface area contributed by atoms with Gasteiger partial charge in [0.2, 0.25) is 0 Å². The van der Waals surface area contributed by atoms with E-state index in [0.717, 1.165) is 16.7 Å². The van der Waals surface area contributed by atoms with Gasteiger partial charge in [-0.25, -0.2) is 0 Å². The highest BCUT2D eigenvalue weighted by Gasteiger charge is 2.21. The Morgan fingerprint density at radius 3 is 2.04 bits per heavy atom. The van der Waals surface area contributed by atoms with Crippen molar-refractivity contribution in [3.63, 3.8) is 0 Å². The molecule has 4 nitrogen and oxygen atoms in total. The van der Waals surface area contributed by atoms with Crippen LogP contribution in [0.1, 0.15) is 35.7 Å². The summed E-state index contributed by atoms with van der Waals surface area (Å²) in [5.74, 6) is 0. The van der Waals surface area contributed by atoms with Crippen molar-refractivity contribution in [3.05, 3.63) is 111 Å². The summed E-state index contributed by atoms with van der Waals surface area (Å²) >= 11 is 5.98. The first-order valence-electron chi connectivity index (χ1n) is 8.36. The molecule has 1 N–H and O–H groups in total. The lowest BCUT2D eigenvalue weighted by atomic mass is 9.96. The third-order valence-electron chi connectivity index (χ3n) is 4.35. The predicted octanol–water partition coefficient (Wildman–Crippen LogP) is 5.69. The molecule has 0 aliphatic rings. The van der Waals surface area contributed by atoms with Gasteiger partial charge >= 0.3 is 0 Å². The maximum atomic E-state index is 11.3. The highest BCUT2D eigenvalue weighted by Crippen LogP contribution is 2.32. The van der Waals surface area contributed by atoms with Crippen LogP contribution in [0.5, 0.6) is 0 Å². The summed E-state index contributed by atoms with van der Waals surface area (Å²) in [6, 6.07) is 24.8. The number of hydrogen-bond donors (Lipinski definition) is 1. The Morgan fingerprint density at radius 1 is 0.885 bits per heavy atom. The van der Waals surface area contributed by atoms with Gasteiger partial charge < -0.3 is 0 Å². The summed E-state index contributed by atoms with van der Waals surface area (Å²) in [7, 11) is 0. The largest absolute Gasteiger partial charge is 0.300 e. The molecule has 0 amide bonds. The van der Waals surface area contributed by atoms with Crippen molar-refractivity contribution in [2.45, 2.75) is 19.0 Å². The molecular formula is C21H19ClN2O2. The lowest BCUT2D eigenvalue weighted by Gasteiger charge is -2.25. The molecule has 132 valence electrons. The van der Waals surface area contributed by atoms with Crippen LogP contribution in [0, 0.1) is 10.1 Å². The van der Waals surface area contributed by atoms with Crippen LogP contribution < -0.4 is 5.32 Å². The van der Waals surface area contributed by atoms with Gasteiger partial charge in [0.1, 0.15) is 5.02 Å². The van der Waals surface area contributed by atoms with Crippen molar-refractivity contribution < 1.29 is 4.92 Å². The van der Waals surface area contributed by atoms with Gasteiger partial charge in [0.05, 0.1) is 11.0 Å². The first-order chi connectivity index (χ1) is 12.6. The predicted molar refractivity (Wildman–Crippen MR) is 104 cm³/mol. The van der Waals surface area contributed by atoms with E-state index in [2.05, 4.69) is 24.4 Å². The fourth-order valence-electron chi connectivity index (χ4n) is 2.97. The Labute approximate surface area is 157 Å². The minimum Gasteiger partial charge on any atom is -0.300 e. The van der Waals surface area contributed by atoms with Gasteiger partial charge in [0.25, 0.3) is 5.69 Å². The summed E-state index contributed by atoms with van der Waals surface area (Å²) in [6.45, 7) is 2.08. The zero-order chi connectivity index (χ0) is 18.5. The molecule has 3 aromatic rings. The van der Waals surface area contributed by atoms with Crippen LogP contribution in [-0.4, -0.2) is 4.92 Å². The highest BCUT2D eigenvalue weighted by atomic mass is 35.5. The number of hydrogen-bond acceptors (Lipinski definition) is 3. The summed E-state index contributed by atoms with van der Waals surface area (Å²) < 4.78 is 0. The van der Waals surface area contributed by atoms with Gasteiger partial charge in [0.15, 0.2) is 0 Å². The van der Waals surface area contributed by atoms with Crippen LogP contribution in [-0.2, 0) is 0 Å². The molecule has 5 heteroatoms. The van der Waals surface area contributed by atoms with Crippen LogP contribution in [0.25, 0.3) is 0 Å². The first-order valence-corrected chi connectivity index (χ1v) is 8.74. The number of nitrogens with one attached hydrogen (secondary N) is 1. The van der Waals surface area contributed by atoms with Gasteiger partial charge in [-0.1, -0.05) is 78.3 Å². The highest BCUT2D eigenvalue weighted by molar-refractivity contribution is 6.32. The normalized spacial score (nSPS) is 13.2. The average molecular weight is 367 g/mol. The number of nitrogens with zero attached hydrogens (tertiary/aromatic N) is 1. The van der Waals surface area contributed by atoms with Crippen molar-refractivity contribution in [3.8, 4) is 0 Å². The van der Waals surface area contributed by atoms with E-state index in [0.29, 0.717) is 0 Å². The van der Waals surface area contributed by atoms with E-state index in [4.69, 9.17) is 11.6 Å². The molecule has 0 bridgehead atoms. The average Bonchev–Trinajstić information content (AvgIpc) is 2.67. The van der Waals surface area contributed by atoms with Crippen LogP contribution in [0.4, 0.5) is 5.69 Å². The second-order valence-electron chi connectivity index (χ2n) is 6.11. The van der Waals surface area contributed by atoms with Crippen molar-refractivity contribution in [1.29, 1.82) is 0 Å². The topological polar surface area (TPSA) is 55.2 Å². The molecular weight excluding hydrogens is 348 g/mol. The molecule has 0 aliphatic heterocycles. The molecule has 0 radical (unpaired) electrons. The third kappa shape index (κ3) is 4.10. The van der Waals surface area contributed by atoms with Crippen LogP contribution in [0.15, 0.2) is 78.9 Å². The van der Waals surface area contributed by atoms with E-state index < -0.39 is 4.92 Å². The van der Waals surface area contributed by atoms with E-state index >= 15 is 0 Å².